The number of rotatable bonds is 2. The molecule has 0 aliphatic rings. The molecule has 14 heavy (non-hydrogen) atoms. The smallest absolute Gasteiger partial charge is 0.0682 e. The van der Waals surface area contributed by atoms with Gasteiger partial charge in [-0.2, -0.15) is 0 Å². The van der Waals surface area contributed by atoms with Crippen molar-refractivity contribution in [3.8, 4) is 0 Å². The summed E-state index contributed by atoms with van der Waals surface area (Å²) in [5, 5.41) is 13.3. The van der Waals surface area contributed by atoms with Gasteiger partial charge in [0.15, 0.2) is 0 Å². The maximum absolute atomic E-state index is 9.09. The Bertz CT molecular complexity index is 464. The summed E-state index contributed by atoms with van der Waals surface area (Å²) in [5.41, 5.74) is 2.23. The summed E-state index contributed by atoms with van der Waals surface area (Å²) in [6.07, 6.45) is 0. The van der Waals surface area contributed by atoms with Gasteiger partial charge in [0.2, 0.25) is 0 Å². The van der Waals surface area contributed by atoms with Gasteiger partial charge < -0.3 is 5.11 Å². The Kier molecular flexibility index (Phi) is 3.27. The van der Waals surface area contributed by atoms with Crippen LogP contribution in [-0.2, 0) is 11.9 Å². The zero-order chi connectivity index (χ0) is 10.1. The first-order valence-electron chi connectivity index (χ1n) is 4.11. The van der Waals surface area contributed by atoms with E-state index in [9.17, 15) is 0 Å². The number of alkyl halides is 1. The Morgan fingerprint density at radius 1 is 1.36 bits per heavy atom. The third-order valence-corrected chi connectivity index (χ3v) is 4.66. The molecular weight excluding hydrogens is 328 g/mol. The second-order valence-electron chi connectivity index (χ2n) is 3.01. The van der Waals surface area contributed by atoms with Crippen LogP contribution in [-0.4, -0.2) is 5.11 Å². The van der Waals surface area contributed by atoms with Crippen LogP contribution in [0.5, 0.6) is 0 Å². The first-order chi connectivity index (χ1) is 6.76. The highest BCUT2D eigenvalue weighted by Gasteiger charge is 2.07. The van der Waals surface area contributed by atoms with Crippen molar-refractivity contribution in [3.05, 3.63) is 33.1 Å². The van der Waals surface area contributed by atoms with Gasteiger partial charge in [-0.1, -0.05) is 15.9 Å². The lowest BCUT2D eigenvalue weighted by Crippen LogP contribution is -1.83. The molecule has 0 spiro atoms. The van der Waals surface area contributed by atoms with Gasteiger partial charge in [-0.3, -0.25) is 0 Å². The summed E-state index contributed by atoms with van der Waals surface area (Å²) in [4.78, 5) is 0. The molecule has 0 unspecified atom stereocenters. The van der Waals surface area contributed by atoms with Gasteiger partial charge in [-0.25, -0.2) is 0 Å². The largest absolute Gasteiger partial charge is 0.392 e. The summed E-state index contributed by atoms with van der Waals surface area (Å²) in [7, 11) is 0. The highest BCUT2D eigenvalue weighted by Crippen LogP contribution is 2.34. The second-order valence-corrected chi connectivity index (χ2v) is 5.30. The molecule has 1 N–H and O–H groups in total. The van der Waals surface area contributed by atoms with Gasteiger partial charge in [0, 0.05) is 14.5 Å². The molecule has 4 heteroatoms. The molecule has 1 nitrogen and oxygen atoms in total. The van der Waals surface area contributed by atoms with Gasteiger partial charge in [-0.05, 0) is 50.0 Å². The molecule has 0 aliphatic heterocycles. The number of aliphatic hydroxyl groups is 1. The summed E-state index contributed by atoms with van der Waals surface area (Å²) >= 11 is 8.70. The number of fused-ring (bicyclic) bond motifs is 1. The van der Waals surface area contributed by atoms with Crippen molar-refractivity contribution in [2.75, 3.05) is 0 Å². The SMILES string of the molecule is OCc1cc(Br)c2scc(CBr)c2c1. The molecule has 0 amide bonds. The number of hydrogen-bond donors (Lipinski definition) is 1. The number of aliphatic hydroxyl groups excluding tert-OH is 1. The molecule has 0 bridgehead atoms. The molecule has 1 aromatic carbocycles. The maximum Gasteiger partial charge on any atom is 0.0682 e. The van der Waals surface area contributed by atoms with E-state index in [-0.39, 0.29) is 6.61 Å². The molecule has 2 aromatic rings. The standard InChI is InChI=1S/C10H8Br2OS/c11-3-7-5-14-10-8(7)1-6(4-13)2-9(10)12/h1-2,5,13H,3-4H2. The molecule has 0 fully saturated rings. The van der Waals surface area contributed by atoms with E-state index >= 15 is 0 Å². The average molecular weight is 336 g/mol. The summed E-state index contributed by atoms with van der Waals surface area (Å²) in [6.45, 7) is 0.0894. The van der Waals surface area contributed by atoms with Gasteiger partial charge in [0.1, 0.15) is 0 Å². The van der Waals surface area contributed by atoms with E-state index in [0.29, 0.717) is 0 Å². The predicted molar refractivity (Wildman–Crippen MR) is 68.1 cm³/mol. The van der Waals surface area contributed by atoms with E-state index in [1.165, 1.54) is 15.6 Å². The highest BCUT2D eigenvalue weighted by molar-refractivity contribution is 9.10. The Morgan fingerprint density at radius 2 is 2.14 bits per heavy atom. The van der Waals surface area contributed by atoms with Crippen LogP contribution < -0.4 is 0 Å². The van der Waals surface area contributed by atoms with Crippen LogP contribution in [0.25, 0.3) is 10.1 Å². The zero-order valence-electron chi connectivity index (χ0n) is 7.26. The second kappa shape index (κ2) is 4.31. The van der Waals surface area contributed by atoms with E-state index in [4.69, 9.17) is 5.11 Å². The van der Waals surface area contributed by atoms with E-state index in [2.05, 4.69) is 37.2 Å². The van der Waals surface area contributed by atoms with Crippen LogP contribution in [0.3, 0.4) is 0 Å². The van der Waals surface area contributed by atoms with Crippen molar-refractivity contribution in [3.63, 3.8) is 0 Å². The highest BCUT2D eigenvalue weighted by atomic mass is 79.9. The third kappa shape index (κ3) is 1.76. The summed E-state index contributed by atoms with van der Waals surface area (Å²) in [6, 6.07) is 4.02. The van der Waals surface area contributed by atoms with Crippen LogP contribution in [0.1, 0.15) is 11.1 Å². The molecular formula is C10H8Br2OS. The number of halogens is 2. The fourth-order valence-electron chi connectivity index (χ4n) is 1.40. The fraction of sp³-hybridized carbons (Fsp3) is 0.200. The quantitative estimate of drug-likeness (QED) is 0.821. The normalized spacial score (nSPS) is 11.1. The minimum atomic E-state index is 0.0894. The van der Waals surface area contributed by atoms with Crippen LogP contribution in [0.4, 0.5) is 0 Å². The van der Waals surface area contributed by atoms with Crippen molar-refractivity contribution < 1.29 is 5.11 Å². The lowest BCUT2D eigenvalue weighted by molar-refractivity contribution is 0.282. The van der Waals surface area contributed by atoms with Gasteiger partial charge in [0.05, 0.1) is 6.61 Å². The van der Waals surface area contributed by atoms with Crippen molar-refractivity contribution in [2.45, 2.75) is 11.9 Å². The monoisotopic (exact) mass is 334 g/mol. The third-order valence-electron chi connectivity index (χ3n) is 2.09. The molecule has 0 aliphatic carbocycles. The molecule has 2 rings (SSSR count). The topological polar surface area (TPSA) is 20.2 Å². The Morgan fingerprint density at radius 3 is 2.79 bits per heavy atom. The van der Waals surface area contributed by atoms with Crippen LogP contribution in [0.15, 0.2) is 22.0 Å². The molecule has 1 aromatic heterocycles. The molecule has 0 atom stereocenters. The van der Waals surface area contributed by atoms with Crippen molar-refractivity contribution in [1.29, 1.82) is 0 Å². The van der Waals surface area contributed by atoms with Gasteiger partial charge >= 0.3 is 0 Å². The molecule has 74 valence electrons. The minimum Gasteiger partial charge on any atom is -0.392 e. The van der Waals surface area contributed by atoms with Crippen LogP contribution >= 0.6 is 43.2 Å². The Hall–Kier alpha value is 0.1000. The predicted octanol–water partition coefficient (Wildman–Crippen LogP) is 4.05. The molecule has 1 heterocycles. The number of benzene rings is 1. The average Bonchev–Trinajstić information content (AvgIpc) is 2.61. The lowest BCUT2D eigenvalue weighted by Gasteiger charge is -2.00. The van der Waals surface area contributed by atoms with E-state index in [1.807, 2.05) is 12.1 Å². The van der Waals surface area contributed by atoms with Crippen molar-refractivity contribution in [2.24, 2.45) is 0 Å². The lowest BCUT2D eigenvalue weighted by atomic mass is 10.1. The van der Waals surface area contributed by atoms with Gasteiger partial charge in [0.25, 0.3) is 0 Å². The van der Waals surface area contributed by atoms with Gasteiger partial charge in [-0.15, -0.1) is 11.3 Å². The number of hydrogen-bond acceptors (Lipinski definition) is 2. The molecule has 0 radical (unpaired) electrons. The minimum absolute atomic E-state index is 0.0894. The van der Waals surface area contributed by atoms with Crippen molar-refractivity contribution in [1.82, 2.24) is 0 Å². The fourth-order valence-corrected chi connectivity index (χ4v) is 3.82. The zero-order valence-corrected chi connectivity index (χ0v) is 11.2. The van der Waals surface area contributed by atoms with E-state index in [1.54, 1.807) is 11.3 Å². The summed E-state index contributed by atoms with van der Waals surface area (Å²) in [5.74, 6) is 0. The summed E-state index contributed by atoms with van der Waals surface area (Å²) < 4.78 is 2.31. The van der Waals surface area contributed by atoms with E-state index in [0.717, 1.165) is 15.4 Å². The first-order valence-corrected chi connectivity index (χ1v) is 6.91. The Balaban J connectivity index is 2.73. The van der Waals surface area contributed by atoms with Crippen LogP contribution in [0, 0.1) is 0 Å². The van der Waals surface area contributed by atoms with Crippen molar-refractivity contribution >= 4 is 53.3 Å². The Labute approximate surface area is 103 Å². The number of thiophene rings is 1. The molecule has 0 saturated heterocycles. The molecule has 0 saturated carbocycles. The van der Waals surface area contributed by atoms with E-state index < -0.39 is 0 Å². The first kappa shape index (κ1) is 10.6. The van der Waals surface area contributed by atoms with Crippen LogP contribution in [0.2, 0.25) is 0 Å². The maximum atomic E-state index is 9.09.